The second kappa shape index (κ2) is 13.5. The minimum absolute atomic E-state index is 0. The van der Waals surface area contributed by atoms with Crippen LogP contribution in [0.15, 0.2) is 29.3 Å². The quantitative estimate of drug-likeness (QED) is 0.202. The Labute approximate surface area is 197 Å². The van der Waals surface area contributed by atoms with Crippen molar-refractivity contribution >= 4 is 29.9 Å². The van der Waals surface area contributed by atoms with Crippen LogP contribution in [0, 0.1) is 6.92 Å². The zero-order valence-corrected chi connectivity index (χ0v) is 20.3. The molecular formula is C20H30F3IN6O. The molecule has 31 heavy (non-hydrogen) atoms. The number of unbranched alkanes of at least 4 members (excludes halogenated alkanes) is 1. The van der Waals surface area contributed by atoms with E-state index >= 15 is 0 Å². The molecule has 0 spiro atoms. The third-order valence-corrected chi connectivity index (χ3v) is 4.37. The Morgan fingerprint density at radius 1 is 1.19 bits per heavy atom. The predicted octanol–water partition coefficient (Wildman–Crippen LogP) is 3.86. The Morgan fingerprint density at radius 3 is 2.58 bits per heavy atom. The lowest BCUT2D eigenvalue weighted by Gasteiger charge is -2.12. The summed E-state index contributed by atoms with van der Waals surface area (Å²) in [6, 6.07) is 7.21. The highest BCUT2D eigenvalue weighted by atomic mass is 127. The van der Waals surface area contributed by atoms with E-state index in [1.807, 2.05) is 24.6 Å². The molecule has 0 amide bonds. The van der Waals surface area contributed by atoms with Gasteiger partial charge in [-0.05, 0) is 24.5 Å². The van der Waals surface area contributed by atoms with E-state index < -0.39 is 12.8 Å². The number of rotatable bonds is 10. The molecule has 0 atom stereocenters. The molecule has 0 aliphatic heterocycles. The molecule has 11 heteroatoms. The molecule has 0 saturated heterocycles. The minimum Gasteiger partial charge on any atom is -0.367 e. The summed E-state index contributed by atoms with van der Waals surface area (Å²) in [5.74, 6) is 2.26. The number of alkyl halides is 3. The van der Waals surface area contributed by atoms with E-state index in [9.17, 15) is 13.2 Å². The first-order valence-electron chi connectivity index (χ1n) is 9.88. The summed E-state index contributed by atoms with van der Waals surface area (Å²) in [5, 5.41) is 14.7. The molecule has 2 aromatic rings. The molecule has 174 valence electrons. The number of aromatic nitrogens is 3. The van der Waals surface area contributed by atoms with Crippen LogP contribution < -0.4 is 10.6 Å². The molecule has 0 bridgehead atoms. The maximum Gasteiger partial charge on any atom is 0.411 e. The fraction of sp³-hybridized carbons (Fsp3) is 0.550. The summed E-state index contributed by atoms with van der Waals surface area (Å²) >= 11 is 0. The summed E-state index contributed by atoms with van der Waals surface area (Å²) in [6.07, 6.45) is -2.26. The average molecular weight is 554 g/mol. The number of hydrogen-bond acceptors (Lipinski definition) is 4. The van der Waals surface area contributed by atoms with Gasteiger partial charge in [0.1, 0.15) is 12.4 Å². The molecule has 1 aromatic heterocycles. The molecule has 7 nitrogen and oxygen atoms in total. The summed E-state index contributed by atoms with van der Waals surface area (Å²) in [6.45, 7) is 4.28. The van der Waals surface area contributed by atoms with Crippen LogP contribution in [0.5, 0.6) is 0 Å². The smallest absolute Gasteiger partial charge is 0.367 e. The van der Waals surface area contributed by atoms with E-state index in [1.54, 1.807) is 18.2 Å². The van der Waals surface area contributed by atoms with Crippen LogP contribution in [0.4, 0.5) is 13.2 Å². The van der Waals surface area contributed by atoms with Crippen LogP contribution in [0.2, 0.25) is 0 Å². The van der Waals surface area contributed by atoms with Gasteiger partial charge in [-0.3, -0.25) is 0 Å². The molecule has 0 saturated carbocycles. The maximum atomic E-state index is 12.2. The van der Waals surface area contributed by atoms with Crippen molar-refractivity contribution in [3.05, 3.63) is 47.0 Å². The summed E-state index contributed by atoms with van der Waals surface area (Å²) < 4.78 is 43.3. The third-order valence-electron chi connectivity index (χ3n) is 4.37. The Bertz CT molecular complexity index is 825. The summed E-state index contributed by atoms with van der Waals surface area (Å²) in [5.41, 5.74) is 1.56. The topological polar surface area (TPSA) is 76.4 Å². The van der Waals surface area contributed by atoms with Crippen molar-refractivity contribution in [2.75, 3.05) is 13.2 Å². The number of guanidine groups is 1. The molecule has 0 unspecified atom stereocenters. The number of benzene rings is 1. The number of hydrogen-bond donors (Lipinski definition) is 2. The molecule has 2 N–H and O–H groups in total. The number of nitrogens with one attached hydrogen (secondary N) is 2. The monoisotopic (exact) mass is 554 g/mol. The van der Waals surface area contributed by atoms with Crippen LogP contribution in [-0.4, -0.2) is 40.1 Å². The predicted molar refractivity (Wildman–Crippen MR) is 124 cm³/mol. The van der Waals surface area contributed by atoms with Gasteiger partial charge in [0.2, 0.25) is 0 Å². The molecule has 0 fully saturated rings. The highest BCUT2D eigenvalue weighted by Crippen LogP contribution is 2.16. The normalized spacial score (nSPS) is 11.9. The lowest BCUT2D eigenvalue weighted by Crippen LogP contribution is -2.38. The van der Waals surface area contributed by atoms with Crippen LogP contribution in [0.25, 0.3) is 0 Å². The van der Waals surface area contributed by atoms with Crippen LogP contribution >= 0.6 is 24.0 Å². The second-order valence-corrected chi connectivity index (χ2v) is 6.95. The van der Waals surface area contributed by atoms with E-state index in [1.165, 1.54) is 0 Å². The standard InChI is InChI=1S/C20H29F3N6O.HI/c1-4-5-9-24-19(26-12-18-28-27-15(2)29(18)3)25-11-16-7-6-8-17(10-16)13-30-14-20(21,22)23;/h6-8,10H,4-5,9,11-14H2,1-3H3,(H2,24,25,26);1H. The van der Waals surface area contributed by atoms with E-state index in [0.29, 0.717) is 24.6 Å². The molecule has 0 aliphatic carbocycles. The largest absolute Gasteiger partial charge is 0.411 e. The summed E-state index contributed by atoms with van der Waals surface area (Å²) in [7, 11) is 1.90. The van der Waals surface area contributed by atoms with Gasteiger partial charge in [0.05, 0.1) is 19.7 Å². The number of nitrogens with zero attached hydrogens (tertiary/aromatic N) is 4. The molecule has 1 aromatic carbocycles. The van der Waals surface area contributed by atoms with Gasteiger partial charge in [0.15, 0.2) is 11.8 Å². The van der Waals surface area contributed by atoms with Crippen molar-refractivity contribution in [2.24, 2.45) is 12.0 Å². The first-order valence-corrected chi connectivity index (χ1v) is 9.88. The van der Waals surface area contributed by atoms with E-state index in [4.69, 9.17) is 4.74 Å². The summed E-state index contributed by atoms with van der Waals surface area (Å²) in [4.78, 5) is 4.59. The zero-order chi connectivity index (χ0) is 22.0. The molecular weight excluding hydrogens is 524 g/mol. The Hall–Kier alpha value is -1.89. The van der Waals surface area contributed by atoms with Gasteiger partial charge in [-0.25, -0.2) is 4.99 Å². The number of halogens is 4. The molecule has 1 heterocycles. The lowest BCUT2D eigenvalue weighted by atomic mass is 10.1. The highest BCUT2D eigenvalue weighted by Gasteiger charge is 2.27. The first-order chi connectivity index (χ1) is 14.3. The SMILES string of the molecule is CCCCNC(=NCc1cccc(COCC(F)(F)F)c1)NCc1nnc(C)n1C.I. The van der Waals surface area contributed by atoms with Gasteiger partial charge in [0, 0.05) is 13.6 Å². The Balaban J connectivity index is 0.00000480. The van der Waals surface area contributed by atoms with Crippen LogP contribution in [0.3, 0.4) is 0 Å². The minimum atomic E-state index is -4.33. The lowest BCUT2D eigenvalue weighted by molar-refractivity contribution is -0.176. The van der Waals surface area contributed by atoms with E-state index in [2.05, 4.69) is 32.7 Å². The van der Waals surface area contributed by atoms with Crippen molar-refractivity contribution in [2.45, 2.75) is 52.6 Å². The second-order valence-electron chi connectivity index (χ2n) is 6.95. The number of aryl methyl sites for hydroxylation is 1. The van der Waals surface area contributed by atoms with E-state index in [0.717, 1.165) is 36.6 Å². The van der Waals surface area contributed by atoms with Crippen molar-refractivity contribution in [1.82, 2.24) is 25.4 Å². The van der Waals surface area contributed by atoms with Crippen molar-refractivity contribution in [3.63, 3.8) is 0 Å². The van der Waals surface area contributed by atoms with Gasteiger partial charge in [-0.1, -0.05) is 37.6 Å². The fourth-order valence-corrected chi connectivity index (χ4v) is 2.60. The van der Waals surface area contributed by atoms with Crippen molar-refractivity contribution in [1.29, 1.82) is 0 Å². The third kappa shape index (κ3) is 10.3. The number of aliphatic imine (C=N–C) groups is 1. The Kier molecular flexibility index (Phi) is 11.8. The van der Waals surface area contributed by atoms with Crippen molar-refractivity contribution < 1.29 is 17.9 Å². The molecule has 2 rings (SSSR count). The van der Waals surface area contributed by atoms with E-state index in [-0.39, 0.29) is 30.6 Å². The highest BCUT2D eigenvalue weighted by molar-refractivity contribution is 14.0. The average Bonchev–Trinajstić information content (AvgIpc) is 3.01. The van der Waals surface area contributed by atoms with Crippen LogP contribution in [-0.2, 0) is 31.5 Å². The number of ether oxygens (including phenoxy) is 1. The van der Waals surface area contributed by atoms with Crippen molar-refractivity contribution in [3.8, 4) is 0 Å². The molecule has 0 aliphatic rings. The maximum absolute atomic E-state index is 12.2. The fourth-order valence-electron chi connectivity index (χ4n) is 2.60. The van der Waals surface area contributed by atoms with Gasteiger partial charge < -0.3 is 19.9 Å². The first kappa shape index (κ1) is 27.1. The van der Waals surface area contributed by atoms with Gasteiger partial charge >= 0.3 is 6.18 Å². The van der Waals surface area contributed by atoms with Gasteiger partial charge in [0.25, 0.3) is 0 Å². The Morgan fingerprint density at radius 2 is 1.94 bits per heavy atom. The van der Waals surface area contributed by atoms with Gasteiger partial charge in [-0.2, -0.15) is 13.2 Å². The zero-order valence-electron chi connectivity index (χ0n) is 18.0. The van der Waals surface area contributed by atoms with Crippen LogP contribution in [0.1, 0.15) is 42.5 Å². The van der Waals surface area contributed by atoms with Gasteiger partial charge in [-0.15, -0.1) is 34.2 Å². The molecule has 0 radical (unpaired) electrons.